The number of hydrogen-bond donors (Lipinski definition) is 1. The van der Waals surface area contributed by atoms with Crippen molar-refractivity contribution in [2.45, 2.75) is 45.8 Å². The Balaban J connectivity index is 1.83. The van der Waals surface area contributed by atoms with E-state index in [1.54, 1.807) is 37.5 Å². The molecule has 0 spiro atoms. The van der Waals surface area contributed by atoms with Gasteiger partial charge >= 0.3 is 0 Å². The summed E-state index contributed by atoms with van der Waals surface area (Å²) in [5.74, 6) is 1.19. The van der Waals surface area contributed by atoms with Crippen LogP contribution in [0.4, 0.5) is 0 Å². The highest BCUT2D eigenvalue weighted by Gasteiger charge is 2.17. The first-order valence-corrected chi connectivity index (χ1v) is 8.06. The second-order valence-corrected chi connectivity index (χ2v) is 5.87. The number of carbonyl (C=O) groups excluding carboxylic acids is 2. The summed E-state index contributed by atoms with van der Waals surface area (Å²) in [6.07, 6.45) is 2.55. The quantitative estimate of drug-likeness (QED) is 0.754. The van der Waals surface area contributed by atoms with E-state index in [1.165, 1.54) is 6.92 Å². The van der Waals surface area contributed by atoms with Crippen LogP contribution in [-0.2, 0) is 11.2 Å². The minimum atomic E-state index is -0.640. The molecule has 2 atom stereocenters. The van der Waals surface area contributed by atoms with Crippen LogP contribution in [-0.4, -0.2) is 23.8 Å². The van der Waals surface area contributed by atoms with Crippen LogP contribution in [0.2, 0.25) is 0 Å². The van der Waals surface area contributed by atoms with Gasteiger partial charge in [-0.05, 0) is 51.5 Å². The number of aryl methyl sites for hydroxylation is 1. The minimum absolute atomic E-state index is 0.0113. The van der Waals surface area contributed by atoms with Gasteiger partial charge in [0.15, 0.2) is 11.9 Å². The molecule has 0 unspecified atom stereocenters. The number of carbonyl (C=O) groups is 2. The van der Waals surface area contributed by atoms with Crippen LogP contribution in [0.1, 0.15) is 43.3 Å². The Morgan fingerprint density at radius 1 is 1.21 bits per heavy atom. The molecular formula is C19H23NO4. The summed E-state index contributed by atoms with van der Waals surface area (Å²) in [7, 11) is 0. The lowest BCUT2D eigenvalue weighted by Crippen LogP contribution is -2.41. The van der Waals surface area contributed by atoms with Crippen molar-refractivity contribution in [1.82, 2.24) is 5.32 Å². The van der Waals surface area contributed by atoms with Crippen molar-refractivity contribution in [3.05, 3.63) is 54.0 Å². The third-order valence-electron chi connectivity index (χ3n) is 3.72. The highest BCUT2D eigenvalue weighted by molar-refractivity contribution is 5.94. The van der Waals surface area contributed by atoms with Crippen molar-refractivity contribution in [2.75, 3.05) is 0 Å². The van der Waals surface area contributed by atoms with Crippen LogP contribution in [0.25, 0.3) is 0 Å². The van der Waals surface area contributed by atoms with Crippen molar-refractivity contribution < 1.29 is 18.7 Å². The zero-order valence-electron chi connectivity index (χ0n) is 14.2. The highest BCUT2D eigenvalue weighted by Crippen LogP contribution is 2.15. The van der Waals surface area contributed by atoms with E-state index < -0.39 is 6.10 Å². The van der Waals surface area contributed by atoms with Gasteiger partial charge < -0.3 is 14.5 Å². The Labute approximate surface area is 142 Å². The molecule has 0 aliphatic rings. The van der Waals surface area contributed by atoms with Gasteiger partial charge in [-0.3, -0.25) is 9.59 Å². The van der Waals surface area contributed by atoms with Crippen molar-refractivity contribution >= 4 is 11.7 Å². The maximum Gasteiger partial charge on any atom is 0.260 e. The molecule has 128 valence electrons. The molecule has 0 saturated carbocycles. The van der Waals surface area contributed by atoms with Crippen LogP contribution in [0, 0.1) is 0 Å². The fourth-order valence-electron chi connectivity index (χ4n) is 2.29. The Morgan fingerprint density at radius 3 is 2.67 bits per heavy atom. The summed E-state index contributed by atoms with van der Waals surface area (Å²) >= 11 is 0. The fourth-order valence-corrected chi connectivity index (χ4v) is 2.29. The highest BCUT2D eigenvalue weighted by atomic mass is 16.5. The molecule has 0 saturated heterocycles. The van der Waals surface area contributed by atoms with Gasteiger partial charge in [-0.1, -0.05) is 12.1 Å². The van der Waals surface area contributed by atoms with E-state index in [0.29, 0.717) is 11.3 Å². The molecule has 1 aromatic carbocycles. The zero-order valence-corrected chi connectivity index (χ0v) is 14.2. The SMILES string of the molecule is CC(=O)c1cccc(O[C@H](C)C(=O)N[C@@H](C)CCc2ccco2)c1. The monoisotopic (exact) mass is 329 g/mol. The number of ketones is 1. The molecule has 1 heterocycles. The number of benzene rings is 1. The van der Waals surface area contributed by atoms with Crippen LogP contribution in [0.5, 0.6) is 5.75 Å². The standard InChI is InChI=1S/C19H23NO4/c1-13(9-10-17-8-5-11-23-17)20-19(22)15(3)24-18-7-4-6-16(12-18)14(2)21/h4-8,11-13,15H,9-10H2,1-3H3,(H,20,22)/t13-,15+/m0/s1. The van der Waals surface area contributed by atoms with Crippen LogP contribution >= 0.6 is 0 Å². The molecule has 1 amide bonds. The van der Waals surface area contributed by atoms with E-state index in [9.17, 15) is 9.59 Å². The average Bonchev–Trinajstić information content (AvgIpc) is 3.06. The molecule has 0 aliphatic heterocycles. The van der Waals surface area contributed by atoms with E-state index >= 15 is 0 Å². The molecule has 1 aromatic heterocycles. The first kappa shape index (κ1) is 17.8. The normalized spacial score (nSPS) is 13.1. The Bertz CT molecular complexity index is 678. The van der Waals surface area contributed by atoms with Crippen molar-refractivity contribution in [3.63, 3.8) is 0 Å². The van der Waals surface area contributed by atoms with Crippen molar-refractivity contribution in [1.29, 1.82) is 0 Å². The number of hydrogen-bond acceptors (Lipinski definition) is 4. The zero-order chi connectivity index (χ0) is 17.5. The Kier molecular flexibility index (Phi) is 6.18. The molecule has 5 nitrogen and oxygen atoms in total. The molecule has 0 fully saturated rings. The van der Waals surface area contributed by atoms with Crippen molar-refractivity contribution in [2.24, 2.45) is 0 Å². The van der Waals surface area contributed by atoms with Gasteiger partial charge in [0.25, 0.3) is 5.91 Å². The summed E-state index contributed by atoms with van der Waals surface area (Å²) in [5, 5.41) is 2.93. The van der Waals surface area contributed by atoms with Gasteiger partial charge in [0.05, 0.1) is 6.26 Å². The lowest BCUT2D eigenvalue weighted by atomic mass is 10.1. The number of rotatable bonds is 8. The Hall–Kier alpha value is -2.56. The van der Waals surface area contributed by atoms with Crippen molar-refractivity contribution in [3.8, 4) is 5.75 Å². The predicted molar refractivity (Wildman–Crippen MR) is 91.2 cm³/mol. The van der Waals surface area contributed by atoms with Gasteiger partial charge in [0.1, 0.15) is 11.5 Å². The third-order valence-corrected chi connectivity index (χ3v) is 3.72. The van der Waals surface area contributed by atoms with Crippen LogP contribution < -0.4 is 10.1 Å². The van der Waals surface area contributed by atoms with E-state index in [2.05, 4.69) is 5.32 Å². The fraction of sp³-hybridized carbons (Fsp3) is 0.368. The van der Waals surface area contributed by atoms with E-state index in [1.807, 2.05) is 19.1 Å². The molecular weight excluding hydrogens is 306 g/mol. The summed E-state index contributed by atoms with van der Waals surface area (Å²) in [4.78, 5) is 23.6. The summed E-state index contributed by atoms with van der Waals surface area (Å²) in [6.45, 7) is 5.13. The molecule has 1 N–H and O–H groups in total. The van der Waals surface area contributed by atoms with Gasteiger partial charge in [-0.25, -0.2) is 0 Å². The maximum atomic E-state index is 12.2. The lowest BCUT2D eigenvalue weighted by molar-refractivity contribution is -0.127. The summed E-state index contributed by atoms with van der Waals surface area (Å²) in [5.41, 5.74) is 0.562. The second-order valence-electron chi connectivity index (χ2n) is 5.87. The maximum absolute atomic E-state index is 12.2. The van der Waals surface area contributed by atoms with E-state index in [4.69, 9.17) is 9.15 Å². The lowest BCUT2D eigenvalue weighted by Gasteiger charge is -2.18. The molecule has 5 heteroatoms. The molecule has 0 radical (unpaired) electrons. The number of nitrogens with one attached hydrogen (secondary N) is 1. The second kappa shape index (κ2) is 8.34. The first-order valence-electron chi connectivity index (χ1n) is 8.06. The topological polar surface area (TPSA) is 68.5 Å². The smallest absolute Gasteiger partial charge is 0.260 e. The summed E-state index contributed by atoms with van der Waals surface area (Å²) < 4.78 is 10.9. The average molecular weight is 329 g/mol. The van der Waals surface area contributed by atoms with Gasteiger partial charge in [0, 0.05) is 18.0 Å². The Morgan fingerprint density at radius 2 is 2.00 bits per heavy atom. The molecule has 2 rings (SSSR count). The van der Waals surface area contributed by atoms with Gasteiger partial charge in [0.2, 0.25) is 0 Å². The van der Waals surface area contributed by atoms with Gasteiger partial charge in [-0.2, -0.15) is 0 Å². The minimum Gasteiger partial charge on any atom is -0.481 e. The largest absolute Gasteiger partial charge is 0.481 e. The van der Waals surface area contributed by atoms with E-state index in [0.717, 1.165) is 18.6 Å². The number of Topliss-reactive ketones (excluding diaryl/α,β-unsaturated/α-hetero) is 1. The van der Waals surface area contributed by atoms with Gasteiger partial charge in [-0.15, -0.1) is 0 Å². The number of furan rings is 1. The summed E-state index contributed by atoms with van der Waals surface area (Å²) in [6, 6.07) is 10.6. The first-order chi connectivity index (χ1) is 11.5. The number of amides is 1. The number of ether oxygens (including phenoxy) is 1. The predicted octanol–water partition coefficient (Wildman–Crippen LogP) is 3.39. The van der Waals surface area contributed by atoms with Crippen LogP contribution in [0.3, 0.4) is 0 Å². The van der Waals surface area contributed by atoms with E-state index in [-0.39, 0.29) is 17.7 Å². The molecule has 0 bridgehead atoms. The molecule has 0 aliphatic carbocycles. The molecule has 2 aromatic rings. The molecule has 24 heavy (non-hydrogen) atoms. The third kappa shape index (κ3) is 5.26. The van der Waals surface area contributed by atoms with Crippen LogP contribution in [0.15, 0.2) is 47.1 Å².